The van der Waals surface area contributed by atoms with Crippen LogP contribution >= 0.6 is 0 Å². The van der Waals surface area contributed by atoms with Crippen LogP contribution in [0, 0.1) is 0 Å². The van der Waals surface area contributed by atoms with Crippen LogP contribution in [0.2, 0.25) is 0 Å². The number of carbonyl (C=O) groups excluding carboxylic acids is 3. The fourth-order valence-corrected chi connectivity index (χ4v) is 3.01. The van der Waals surface area contributed by atoms with Gasteiger partial charge in [-0.05, 0) is 29.8 Å². The van der Waals surface area contributed by atoms with E-state index in [1.54, 1.807) is 24.3 Å². The number of ether oxygens (including phenoxy) is 2. The molecule has 2 aromatic carbocycles. The summed E-state index contributed by atoms with van der Waals surface area (Å²) in [5.41, 5.74) is 2.21. The van der Waals surface area contributed by atoms with Gasteiger partial charge >= 0.3 is 12.1 Å². The monoisotopic (exact) mass is 425 g/mol. The Morgan fingerprint density at radius 2 is 1.74 bits per heavy atom. The Labute approximate surface area is 179 Å². The van der Waals surface area contributed by atoms with Crippen LogP contribution in [0.4, 0.5) is 16.2 Å². The van der Waals surface area contributed by atoms with Crippen LogP contribution in [-0.2, 0) is 25.7 Å². The van der Waals surface area contributed by atoms with Gasteiger partial charge in [0.25, 0.3) is 5.91 Å². The van der Waals surface area contributed by atoms with Crippen molar-refractivity contribution in [3.05, 3.63) is 71.4 Å². The second-order valence-corrected chi connectivity index (χ2v) is 6.68. The van der Waals surface area contributed by atoms with Gasteiger partial charge in [-0.1, -0.05) is 30.3 Å². The Morgan fingerprint density at radius 1 is 1.06 bits per heavy atom. The van der Waals surface area contributed by atoms with E-state index in [1.807, 2.05) is 30.3 Å². The first kappa shape index (κ1) is 21.8. The maximum atomic E-state index is 12.5. The topological polar surface area (TPSA) is 117 Å². The summed E-state index contributed by atoms with van der Waals surface area (Å²) >= 11 is 0. The number of nitrogens with zero attached hydrogens (tertiary/aromatic N) is 1. The predicted octanol–water partition coefficient (Wildman–Crippen LogP) is 2.11. The molecule has 0 unspecified atom stereocenters. The van der Waals surface area contributed by atoms with Crippen LogP contribution in [0.15, 0.2) is 65.9 Å². The zero-order valence-electron chi connectivity index (χ0n) is 17.0. The van der Waals surface area contributed by atoms with Gasteiger partial charge in [-0.25, -0.2) is 9.59 Å². The molecule has 2 aromatic rings. The average Bonchev–Trinajstić information content (AvgIpc) is 3.09. The van der Waals surface area contributed by atoms with Gasteiger partial charge in [-0.2, -0.15) is 0 Å². The number of aliphatic hydroxyl groups excluding tert-OH is 1. The second-order valence-electron chi connectivity index (χ2n) is 6.68. The van der Waals surface area contributed by atoms with E-state index in [2.05, 4.69) is 10.6 Å². The number of amides is 2. The summed E-state index contributed by atoms with van der Waals surface area (Å²) in [5.74, 6) is -1.02. The average molecular weight is 425 g/mol. The van der Waals surface area contributed by atoms with Crippen molar-refractivity contribution in [1.82, 2.24) is 4.90 Å². The Hall–Kier alpha value is -3.85. The fourth-order valence-electron chi connectivity index (χ4n) is 3.01. The molecule has 0 bridgehead atoms. The summed E-state index contributed by atoms with van der Waals surface area (Å²) in [5, 5.41) is 14.7. The van der Waals surface area contributed by atoms with Crippen molar-refractivity contribution >= 4 is 29.3 Å². The molecule has 31 heavy (non-hydrogen) atoms. The SMILES string of the molecule is COC(=O)C1=C(Nc2ccc(NC(=O)OCc3ccccc3)cc2)C(=O)N(CCO)C1. The lowest BCUT2D eigenvalue weighted by molar-refractivity contribution is -0.136. The van der Waals surface area contributed by atoms with Crippen molar-refractivity contribution in [3.8, 4) is 0 Å². The fraction of sp³-hybridized carbons (Fsp3) is 0.227. The molecule has 3 rings (SSSR count). The minimum absolute atomic E-state index is 0.0568. The van der Waals surface area contributed by atoms with Crippen molar-refractivity contribution in [2.75, 3.05) is 37.4 Å². The largest absolute Gasteiger partial charge is 0.466 e. The van der Waals surface area contributed by atoms with Gasteiger partial charge in [0.1, 0.15) is 12.3 Å². The third kappa shape index (κ3) is 5.61. The number of β-amino-alcohol motifs (C(OH)–C–C–N with tert-alkyl or cyclic N) is 1. The number of rotatable bonds is 8. The third-order valence-corrected chi connectivity index (χ3v) is 4.57. The summed E-state index contributed by atoms with van der Waals surface area (Å²) in [6.45, 7) is 0.108. The van der Waals surface area contributed by atoms with Crippen molar-refractivity contribution in [3.63, 3.8) is 0 Å². The number of hydrogen-bond acceptors (Lipinski definition) is 7. The molecule has 0 saturated heterocycles. The van der Waals surface area contributed by atoms with Crippen molar-refractivity contribution in [2.24, 2.45) is 0 Å². The lowest BCUT2D eigenvalue weighted by atomic mass is 10.2. The van der Waals surface area contributed by atoms with Gasteiger partial charge in [0.2, 0.25) is 0 Å². The molecule has 0 aromatic heterocycles. The van der Waals surface area contributed by atoms with E-state index in [9.17, 15) is 14.4 Å². The highest BCUT2D eigenvalue weighted by Crippen LogP contribution is 2.23. The van der Waals surface area contributed by atoms with Gasteiger partial charge in [0, 0.05) is 17.9 Å². The maximum Gasteiger partial charge on any atom is 0.411 e. The van der Waals surface area contributed by atoms with Gasteiger partial charge in [0.15, 0.2) is 0 Å². The predicted molar refractivity (Wildman–Crippen MR) is 113 cm³/mol. The summed E-state index contributed by atoms with van der Waals surface area (Å²) < 4.78 is 9.93. The molecule has 3 N–H and O–H groups in total. The molecule has 0 saturated carbocycles. The van der Waals surface area contributed by atoms with E-state index in [0.29, 0.717) is 11.4 Å². The third-order valence-electron chi connectivity index (χ3n) is 4.57. The molecule has 1 aliphatic rings. The molecule has 0 aliphatic carbocycles. The number of anilines is 2. The normalized spacial score (nSPS) is 13.2. The first-order valence-corrected chi connectivity index (χ1v) is 9.58. The van der Waals surface area contributed by atoms with Crippen LogP contribution in [-0.4, -0.2) is 54.8 Å². The zero-order valence-corrected chi connectivity index (χ0v) is 17.0. The van der Waals surface area contributed by atoms with Gasteiger partial charge in [-0.3, -0.25) is 10.1 Å². The highest BCUT2D eigenvalue weighted by molar-refractivity contribution is 6.08. The van der Waals surface area contributed by atoms with E-state index in [4.69, 9.17) is 14.6 Å². The summed E-state index contributed by atoms with van der Waals surface area (Å²) in [4.78, 5) is 37.9. The number of esters is 1. The molecule has 0 fully saturated rings. The number of carbonyl (C=O) groups is 3. The summed E-state index contributed by atoms with van der Waals surface area (Å²) in [7, 11) is 1.24. The second kappa shape index (κ2) is 10.3. The summed E-state index contributed by atoms with van der Waals surface area (Å²) in [6, 6.07) is 15.9. The van der Waals surface area contributed by atoms with Gasteiger partial charge in [0.05, 0.1) is 25.8 Å². The van der Waals surface area contributed by atoms with Crippen LogP contribution in [0.3, 0.4) is 0 Å². The molecular weight excluding hydrogens is 402 g/mol. The van der Waals surface area contributed by atoms with Crippen LogP contribution in [0.25, 0.3) is 0 Å². The number of hydrogen-bond donors (Lipinski definition) is 3. The van der Waals surface area contributed by atoms with E-state index in [1.165, 1.54) is 12.0 Å². The quantitative estimate of drug-likeness (QED) is 0.555. The van der Waals surface area contributed by atoms with Crippen LogP contribution in [0.1, 0.15) is 5.56 Å². The Balaban J connectivity index is 1.62. The lowest BCUT2D eigenvalue weighted by Crippen LogP contribution is -2.31. The maximum absolute atomic E-state index is 12.5. The Morgan fingerprint density at radius 3 is 2.39 bits per heavy atom. The van der Waals surface area contributed by atoms with E-state index in [-0.39, 0.29) is 37.6 Å². The van der Waals surface area contributed by atoms with Gasteiger partial charge < -0.3 is 24.8 Å². The first-order valence-electron chi connectivity index (χ1n) is 9.58. The van der Waals surface area contributed by atoms with Crippen molar-refractivity contribution < 1.29 is 29.0 Å². The highest BCUT2D eigenvalue weighted by Gasteiger charge is 2.34. The first-order chi connectivity index (χ1) is 15.0. The molecule has 162 valence electrons. The minimum atomic E-state index is -0.615. The smallest absolute Gasteiger partial charge is 0.411 e. The minimum Gasteiger partial charge on any atom is -0.466 e. The molecule has 9 nitrogen and oxygen atoms in total. The van der Waals surface area contributed by atoms with E-state index >= 15 is 0 Å². The molecule has 2 amide bonds. The van der Waals surface area contributed by atoms with E-state index < -0.39 is 18.0 Å². The number of methoxy groups -OCH3 is 1. The number of benzene rings is 2. The van der Waals surface area contributed by atoms with Crippen molar-refractivity contribution in [1.29, 1.82) is 0 Å². The van der Waals surface area contributed by atoms with E-state index in [0.717, 1.165) is 5.56 Å². The lowest BCUT2D eigenvalue weighted by Gasteiger charge is -2.15. The molecule has 0 spiro atoms. The molecule has 0 atom stereocenters. The molecule has 1 aliphatic heterocycles. The molecule has 1 heterocycles. The Kier molecular flexibility index (Phi) is 7.23. The van der Waals surface area contributed by atoms with Gasteiger partial charge in [-0.15, -0.1) is 0 Å². The van der Waals surface area contributed by atoms with Crippen LogP contribution in [0.5, 0.6) is 0 Å². The molecular formula is C22H23N3O6. The van der Waals surface area contributed by atoms with Crippen LogP contribution < -0.4 is 10.6 Å². The molecule has 9 heteroatoms. The summed E-state index contributed by atoms with van der Waals surface area (Å²) in [6.07, 6.45) is -0.592. The zero-order chi connectivity index (χ0) is 22.2. The Bertz CT molecular complexity index is 973. The standard InChI is InChI=1S/C22H23N3O6/c1-30-21(28)18-13-25(11-12-26)20(27)19(18)23-16-7-9-17(10-8-16)24-22(29)31-14-15-5-3-2-4-6-15/h2-10,23,26H,11-14H2,1H3,(H,24,29). The van der Waals surface area contributed by atoms with Crippen molar-refractivity contribution in [2.45, 2.75) is 6.61 Å². The number of aliphatic hydroxyl groups is 1. The highest BCUT2D eigenvalue weighted by atomic mass is 16.5. The molecule has 0 radical (unpaired) electrons. The number of nitrogens with one attached hydrogen (secondary N) is 2.